The van der Waals surface area contributed by atoms with Crippen molar-refractivity contribution in [2.75, 3.05) is 27.2 Å². The minimum Gasteiger partial charge on any atom is -0.340 e. The minimum absolute atomic E-state index is 0. The molecule has 1 N–H and O–H groups in total. The molecule has 1 aromatic heterocycles. The maximum absolute atomic E-state index is 12.3. The molecule has 0 bridgehead atoms. The van der Waals surface area contributed by atoms with Gasteiger partial charge < -0.3 is 10.2 Å². The molecule has 0 saturated heterocycles. The number of halogens is 1. The van der Waals surface area contributed by atoms with E-state index in [1.54, 1.807) is 11.3 Å². The summed E-state index contributed by atoms with van der Waals surface area (Å²) in [7, 11) is 3.80. The molecule has 5 heteroatoms. The summed E-state index contributed by atoms with van der Waals surface area (Å²) in [4.78, 5) is 16.5. The van der Waals surface area contributed by atoms with Crippen LogP contribution in [-0.4, -0.2) is 38.0 Å². The van der Waals surface area contributed by atoms with Crippen LogP contribution in [0, 0.1) is 0 Å². The number of aryl methyl sites for hydroxylation is 2. The van der Waals surface area contributed by atoms with Crippen molar-refractivity contribution in [2.24, 2.45) is 0 Å². The Hall–Kier alpha value is -0.580. The number of nitrogens with one attached hydrogen (secondary N) is 1. The Morgan fingerprint density at radius 2 is 2.00 bits per heavy atom. The average Bonchev–Trinajstić information content (AvgIpc) is 2.77. The summed E-state index contributed by atoms with van der Waals surface area (Å²) in [5.41, 5.74) is 1.43. The van der Waals surface area contributed by atoms with Crippen molar-refractivity contribution >= 4 is 29.7 Å². The summed E-state index contributed by atoms with van der Waals surface area (Å²) in [6, 6.07) is 2.14. The minimum atomic E-state index is 0. The lowest BCUT2D eigenvalue weighted by molar-refractivity contribution is 0.0801. The molecule has 2 rings (SSSR count). The van der Waals surface area contributed by atoms with Gasteiger partial charge in [-0.25, -0.2) is 0 Å². The van der Waals surface area contributed by atoms with Crippen LogP contribution in [0.5, 0.6) is 0 Å². The van der Waals surface area contributed by atoms with Crippen molar-refractivity contribution in [1.82, 2.24) is 10.2 Å². The van der Waals surface area contributed by atoms with E-state index < -0.39 is 0 Å². The highest BCUT2D eigenvalue weighted by molar-refractivity contribution is 7.14. The van der Waals surface area contributed by atoms with Crippen molar-refractivity contribution < 1.29 is 4.79 Å². The molecule has 20 heavy (non-hydrogen) atoms. The highest BCUT2D eigenvalue weighted by Gasteiger charge is 2.18. The molecular formula is C15H25ClN2OS. The van der Waals surface area contributed by atoms with Crippen LogP contribution in [0.4, 0.5) is 0 Å². The van der Waals surface area contributed by atoms with E-state index in [-0.39, 0.29) is 18.3 Å². The Bertz CT molecular complexity index is 408. The number of amides is 1. The van der Waals surface area contributed by atoms with Gasteiger partial charge in [0.25, 0.3) is 5.91 Å². The number of carbonyl (C=O) groups excluding carboxylic acids is 1. The average molecular weight is 317 g/mol. The standard InChI is InChI=1S/C15H24N2OS.ClH/c1-16-9-10-17(2)15(18)14-11-12-7-5-3-4-6-8-13(12)19-14;/h11,16H,3-10H2,1-2H3;1H. The third-order valence-electron chi connectivity index (χ3n) is 3.75. The molecule has 0 spiro atoms. The number of thiophene rings is 1. The van der Waals surface area contributed by atoms with Gasteiger partial charge in [-0.1, -0.05) is 12.8 Å². The molecule has 1 aromatic rings. The molecule has 0 fully saturated rings. The fraction of sp³-hybridized carbons (Fsp3) is 0.667. The van der Waals surface area contributed by atoms with Gasteiger partial charge in [-0.05, 0) is 44.4 Å². The second-order valence-corrected chi connectivity index (χ2v) is 6.44. The van der Waals surface area contributed by atoms with Crippen molar-refractivity contribution in [2.45, 2.75) is 38.5 Å². The molecule has 0 atom stereocenters. The van der Waals surface area contributed by atoms with E-state index in [1.807, 2.05) is 19.0 Å². The van der Waals surface area contributed by atoms with Crippen LogP contribution >= 0.6 is 23.7 Å². The van der Waals surface area contributed by atoms with Crippen molar-refractivity contribution in [3.63, 3.8) is 0 Å². The van der Waals surface area contributed by atoms with Gasteiger partial charge in [-0.3, -0.25) is 4.79 Å². The van der Waals surface area contributed by atoms with Crippen LogP contribution in [-0.2, 0) is 12.8 Å². The van der Waals surface area contributed by atoms with Crippen LogP contribution in [0.3, 0.4) is 0 Å². The lowest BCUT2D eigenvalue weighted by Gasteiger charge is -2.15. The van der Waals surface area contributed by atoms with Gasteiger partial charge in [0.2, 0.25) is 0 Å². The van der Waals surface area contributed by atoms with Gasteiger partial charge in [0.1, 0.15) is 0 Å². The van der Waals surface area contributed by atoms with E-state index in [0.717, 1.165) is 30.8 Å². The maximum Gasteiger partial charge on any atom is 0.263 e. The van der Waals surface area contributed by atoms with Gasteiger partial charge >= 0.3 is 0 Å². The Labute approximate surface area is 132 Å². The molecule has 1 aliphatic carbocycles. The summed E-state index contributed by atoms with van der Waals surface area (Å²) in [5.74, 6) is 0.173. The third-order valence-corrected chi connectivity index (χ3v) is 4.98. The second-order valence-electron chi connectivity index (χ2n) is 5.30. The number of carbonyl (C=O) groups is 1. The van der Waals surface area contributed by atoms with E-state index >= 15 is 0 Å². The SMILES string of the molecule is CNCCN(C)C(=O)c1cc2c(s1)CCCCCC2.Cl. The highest BCUT2D eigenvalue weighted by Crippen LogP contribution is 2.29. The number of hydrogen-bond acceptors (Lipinski definition) is 3. The highest BCUT2D eigenvalue weighted by atomic mass is 35.5. The predicted molar refractivity (Wildman–Crippen MR) is 88.3 cm³/mol. The molecule has 114 valence electrons. The lowest BCUT2D eigenvalue weighted by Crippen LogP contribution is -2.32. The topological polar surface area (TPSA) is 32.3 Å². The summed E-state index contributed by atoms with van der Waals surface area (Å²) >= 11 is 1.72. The number of nitrogens with zero attached hydrogens (tertiary/aromatic N) is 1. The quantitative estimate of drug-likeness (QED) is 0.925. The molecular weight excluding hydrogens is 292 g/mol. The fourth-order valence-corrected chi connectivity index (χ4v) is 3.77. The Kier molecular flexibility index (Phi) is 7.56. The third kappa shape index (κ3) is 4.47. The monoisotopic (exact) mass is 316 g/mol. The first-order valence-electron chi connectivity index (χ1n) is 7.24. The molecule has 3 nitrogen and oxygen atoms in total. The second kappa shape index (κ2) is 8.65. The molecule has 0 aliphatic heterocycles. The van der Waals surface area contributed by atoms with Crippen molar-refractivity contribution in [3.05, 3.63) is 21.4 Å². The van der Waals surface area contributed by atoms with Crippen LogP contribution in [0.25, 0.3) is 0 Å². The van der Waals surface area contributed by atoms with E-state index in [4.69, 9.17) is 0 Å². The Morgan fingerprint density at radius 3 is 2.70 bits per heavy atom. The van der Waals surface area contributed by atoms with E-state index in [2.05, 4.69) is 11.4 Å². The van der Waals surface area contributed by atoms with Crippen molar-refractivity contribution in [3.8, 4) is 0 Å². The molecule has 1 amide bonds. The maximum atomic E-state index is 12.3. The van der Waals surface area contributed by atoms with Gasteiger partial charge in [0.05, 0.1) is 4.88 Å². The van der Waals surface area contributed by atoms with Crippen LogP contribution in [0.15, 0.2) is 6.07 Å². The van der Waals surface area contributed by atoms with Crippen molar-refractivity contribution in [1.29, 1.82) is 0 Å². The van der Waals surface area contributed by atoms with Gasteiger partial charge in [-0.2, -0.15) is 0 Å². The van der Waals surface area contributed by atoms with Gasteiger partial charge in [-0.15, -0.1) is 23.7 Å². The Morgan fingerprint density at radius 1 is 1.30 bits per heavy atom. The number of likely N-dealkylation sites (N-methyl/N-ethyl adjacent to an activating group) is 2. The fourth-order valence-electron chi connectivity index (χ4n) is 2.52. The normalized spacial score (nSPS) is 14.7. The molecule has 1 aliphatic rings. The lowest BCUT2D eigenvalue weighted by atomic mass is 10.00. The van der Waals surface area contributed by atoms with Crippen LogP contribution in [0.1, 0.15) is 45.8 Å². The van der Waals surface area contributed by atoms with E-state index in [1.165, 1.54) is 36.1 Å². The van der Waals surface area contributed by atoms with Gasteiger partial charge in [0.15, 0.2) is 0 Å². The smallest absolute Gasteiger partial charge is 0.263 e. The molecule has 0 saturated carbocycles. The summed E-state index contributed by atoms with van der Waals surface area (Å²) in [6.07, 6.45) is 7.53. The first-order valence-corrected chi connectivity index (χ1v) is 8.05. The molecule has 0 radical (unpaired) electrons. The zero-order valence-electron chi connectivity index (χ0n) is 12.4. The molecule has 1 heterocycles. The molecule has 0 aromatic carbocycles. The zero-order chi connectivity index (χ0) is 13.7. The van der Waals surface area contributed by atoms with Gasteiger partial charge in [0, 0.05) is 25.0 Å². The van der Waals surface area contributed by atoms with E-state index in [0.29, 0.717) is 0 Å². The van der Waals surface area contributed by atoms with E-state index in [9.17, 15) is 4.79 Å². The number of rotatable bonds is 4. The summed E-state index contributed by atoms with van der Waals surface area (Å²) < 4.78 is 0. The Balaban J connectivity index is 0.00000200. The first-order chi connectivity index (χ1) is 9.22. The first kappa shape index (κ1) is 17.5. The largest absolute Gasteiger partial charge is 0.340 e. The molecule has 0 unspecified atom stereocenters. The zero-order valence-corrected chi connectivity index (χ0v) is 14.0. The summed E-state index contributed by atoms with van der Waals surface area (Å²) in [5, 5.41) is 3.08. The van der Waals surface area contributed by atoms with Crippen LogP contribution in [0.2, 0.25) is 0 Å². The van der Waals surface area contributed by atoms with Crippen LogP contribution < -0.4 is 5.32 Å². The number of fused-ring (bicyclic) bond motifs is 1. The number of hydrogen-bond donors (Lipinski definition) is 1. The predicted octanol–water partition coefficient (Wildman–Crippen LogP) is 3.12. The summed E-state index contributed by atoms with van der Waals surface area (Å²) in [6.45, 7) is 1.60.